The fourth-order valence-electron chi connectivity index (χ4n) is 2.58. The predicted octanol–water partition coefficient (Wildman–Crippen LogP) is 4.62. The number of carbonyl (C=O) groups is 1. The minimum Gasteiger partial charge on any atom is -0.478 e. The molecule has 20 heavy (non-hydrogen) atoms. The largest absolute Gasteiger partial charge is 0.478 e. The van der Waals surface area contributed by atoms with Gasteiger partial charge >= 0.3 is 5.97 Å². The van der Waals surface area contributed by atoms with Crippen molar-refractivity contribution in [2.75, 3.05) is 0 Å². The van der Waals surface area contributed by atoms with Gasteiger partial charge in [-0.1, -0.05) is 43.7 Å². The molecule has 2 rings (SSSR count). The van der Waals surface area contributed by atoms with Gasteiger partial charge in [-0.15, -0.1) is 0 Å². The highest BCUT2D eigenvalue weighted by Crippen LogP contribution is 2.27. The van der Waals surface area contributed by atoms with Crippen LogP contribution in [0.3, 0.4) is 0 Å². The number of benzene rings is 2. The van der Waals surface area contributed by atoms with Crippen LogP contribution in [0.1, 0.15) is 40.4 Å². The first kappa shape index (κ1) is 14.3. The van der Waals surface area contributed by atoms with E-state index in [0.717, 1.165) is 35.1 Å². The first-order valence-electron chi connectivity index (χ1n) is 6.96. The molecule has 2 aromatic rings. The van der Waals surface area contributed by atoms with Crippen molar-refractivity contribution in [3.05, 3.63) is 58.7 Å². The molecule has 0 fully saturated rings. The van der Waals surface area contributed by atoms with Crippen LogP contribution in [-0.4, -0.2) is 11.1 Å². The van der Waals surface area contributed by atoms with E-state index in [0.29, 0.717) is 5.56 Å². The lowest BCUT2D eigenvalue weighted by atomic mass is 9.93. The van der Waals surface area contributed by atoms with Crippen molar-refractivity contribution >= 4 is 5.97 Å². The van der Waals surface area contributed by atoms with Gasteiger partial charge in [-0.25, -0.2) is 4.79 Å². The zero-order valence-corrected chi connectivity index (χ0v) is 12.2. The molecule has 0 unspecified atom stereocenters. The van der Waals surface area contributed by atoms with E-state index in [2.05, 4.69) is 19.1 Å². The van der Waals surface area contributed by atoms with Gasteiger partial charge in [-0.05, 0) is 54.2 Å². The van der Waals surface area contributed by atoms with E-state index in [1.165, 1.54) is 5.56 Å². The number of aromatic carboxylic acids is 1. The fourth-order valence-corrected chi connectivity index (χ4v) is 2.58. The van der Waals surface area contributed by atoms with Crippen LogP contribution in [0.5, 0.6) is 0 Å². The maximum Gasteiger partial charge on any atom is 0.335 e. The van der Waals surface area contributed by atoms with Crippen LogP contribution in [0.15, 0.2) is 36.4 Å². The van der Waals surface area contributed by atoms with Crippen LogP contribution in [0.25, 0.3) is 11.1 Å². The Kier molecular flexibility index (Phi) is 4.23. The quantitative estimate of drug-likeness (QED) is 0.878. The fraction of sp³-hybridized carbons (Fsp3) is 0.278. The highest BCUT2D eigenvalue weighted by molar-refractivity contribution is 5.91. The lowest BCUT2D eigenvalue weighted by Crippen LogP contribution is -2.01. The Morgan fingerprint density at radius 3 is 2.50 bits per heavy atom. The van der Waals surface area contributed by atoms with Crippen molar-refractivity contribution in [1.82, 2.24) is 0 Å². The number of rotatable bonds is 4. The molecule has 0 atom stereocenters. The summed E-state index contributed by atoms with van der Waals surface area (Å²) in [5.41, 5.74) is 5.69. The molecule has 0 aliphatic carbocycles. The molecule has 0 saturated heterocycles. The lowest BCUT2D eigenvalue weighted by molar-refractivity contribution is 0.0696. The molecular weight excluding hydrogens is 248 g/mol. The summed E-state index contributed by atoms with van der Waals surface area (Å²) in [5, 5.41) is 9.27. The summed E-state index contributed by atoms with van der Waals surface area (Å²) in [6.07, 6.45) is 2.15. The molecule has 2 nitrogen and oxygen atoms in total. The molecular formula is C18H20O2. The SMILES string of the molecule is CCCc1cccc(-c2cc(C(=O)O)c(C)cc2C)c1. The molecule has 1 N–H and O–H groups in total. The maximum absolute atomic E-state index is 11.3. The molecule has 0 saturated carbocycles. The third-order valence-electron chi connectivity index (χ3n) is 3.58. The molecule has 2 heteroatoms. The van der Waals surface area contributed by atoms with Crippen molar-refractivity contribution < 1.29 is 9.90 Å². The molecule has 0 bridgehead atoms. The van der Waals surface area contributed by atoms with E-state index < -0.39 is 5.97 Å². The molecule has 0 aliphatic heterocycles. The predicted molar refractivity (Wildman–Crippen MR) is 82.3 cm³/mol. The van der Waals surface area contributed by atoms with E-state index in [9.17, 15) is 9.90 Å². The second-order valence-corrected chi connectivity index (χ2v) is 5.24. The molecule has 0 amide bonds. The molecule has 0 aliphatic rings. The summed E-state index contributed by atoms with van der Waals surface area (Å²) in [5.74, 6) is -0.867. The smallest absolute Gasteiger partial charge is 0.335 e. The summed E-state index contributed by atoms with van der Waals surface area (Å²) in [6.45, 7) is 6.03. The third-order valence-corrected chi connectivity index (χ3v) is 3.58. The summed E-state index contributed by atoms with van der Waals surface area (Å²) in [7, 11) is 0. The number of hydrogen-bond donors (Lipinski definition) is 1. The first-order valence-corrected chi connectivity index (χ1v) is 6.96. The molecule has 2 aromatic carbocycles. The Morgan fingerprint density at radius 1 is 1.10 bits per heavy atom. The van der Waals surface area contributed by atoms with Crippen LogP contribution >= 0.6 is 0 Å². The molecule has 104 valence electrons. The lowest BCUT2D eigenvalue weighted by Gasteiger charge is -2.11. The first-order chi connectivity index (χ1) is 9.52. The van der Waals surface area contributed by atoms with Crippen LogP contribution < -0.4 is 0 Å². The standard InChI is InChI=1S/C18H20O2/c1-4-6-14-7-5-8-15(10-14)16-11-17(18(19)20)13(3)9-12(16)2/h5,7-11H,4,6H2,1-3H3,(H,19,20). The average molecular weight is 268 g/mol. The minimum absolute atomic E-state index is 0.381. The van der Waals surface area contributed by atoms with E-state index in [4.69, 9.17) is 0 Å². The summed E-state index contributed by atoms with van der Waals surface area (Å²) in [6, 6.07) is 12.1. The molecule has 0 spiro atoms. The van der Waals surface area contributed by atoms with Crippen molar-refractivity contribution in [3.63, 3.8) is 0 Å². The van der Waals surface area contributed by atoms with Gasteiger partial charge < -0.3 is 5.11 Å². The Balaban J connectivity index is 2.54. The van der Waals surface area contributed by atoms with Gasteiger partial charge in [0.1, 0.15) is 0 Å². The van der Waals surface area contributed by atoms with Gasteiger partial charge in [0, 0.05) is 0 Å². The Labute approximate surface area is 120 Å². The second-order valence-electron chi connectivity index (χ2n) is 5.24. The van der Waals surface area contributed by atoms with Crippen LogP contribution in [-0.2, 0) is 6.42 Å². The normalized spacial score (nSPS) is 10.6. The molecule has 0 heterocycles. The monoisotopic (exact) mass is 268 g/mol. The van der Waals surface area contributed by atoms with Crippen molar-refractivity contribution in [1.29, 1.82) is 0 Å². The summed E-state index contributed by atoms with van der Waals surface area (Å²) >= 11 is 0. The topological polar surface area (TPSA) is 37.3 Å². The number of carboxylic acids is 1. The van der Waals surface area contributed by atoms with Gasteiger partial charge in [0.05, 0.1) is 5.56 Å². The van der Waals surface area contributed by atoms with Crippen LogP contribution in [0.4, 0.5) is 0 Å². The minimum atomic E-state index is -0.867. The highest BCUT2D eigenvalue weighted by Gasteiger charge is 2.11. The van der Waals surface area contributed by atoms with E-state index in [-0.39, 0.29) is 0 Å². The van der Waals surface area contributed by atoms with Crippen molar-refractivity contribution in [3.8, 4) is 11.1 Å². The second kappa shape index (κ2) is 5.91. The number of hydrogen-bond acceptors (Lipinski definition) is 1. The Morgan fingerprint density at radius 2 is 1.85 bits per heavy atom. The van der Waals surface area contributed by atoms with E-state index >= 15 is 0 Å². The third kappa shape index (κ3) is 2.90. The Hall–Kier alpha value is -2.09. The molecule has 0 radical (unpaired) electrons. The van der Waals surface area contributed by atoms with Gasteiger partial charge in [0.2, 0.25) is 0 Å². The molecule has 0 aromatic heterocycles. The average Bonchev–Trinajstić information content (AvgIpc) is 2.39. The van der Waals surface area contributed by atoms with Crippen molar-refractivity contribution in [2.45, 2.75) is 33.6 Å². The Bertz CT molecular complexity index is 642. The maximum atomic E-state index is 11.3. The van der Waals surface area contributed by atoms with Gasteiger partial charge in [0.25, 0.3) is 0 Å². The van der Waals surface area contributed by atoms with Gasteiger partial charge in [-0.2, -0.15) is 0 Å². The van der Waals surface area contributed by atoms with E-state index in [1.807, 2.05) is 32.0 Å². The van der Waals surface area contributed by atoms with E-state index in [1.54, 1.807) is 6.07 Å². The van der Waals surface area contributed by atoms with Gasteiger partial charge in [-0.3, -0.25) is 0 Å². The zero-order chi connectivity index (χ0) is 14.7. The summed E-state index contributed by atoms with van der Waals surface area (Å²) in [4.78, 5) is 11.3. The number of carboxylic acid groups (broad SMARTS) is 1. The number of aryl methyl sites for hydroxylation is 3. The van der Waals surface area contributed by atoms with Crippen LogP contribution in [0.2, 0.25) is 0 Å². The summed E-state index contributed by atoms with van der Waals surface area (Å²) < 4.78 is 0. The van der Waals surface area contributed by atoms with Crippen LogP contribution in [0, 0.1) is 13.8 Å². The van der Waals surface area contributed by atoms with Gasteiger partial charge in [0.15, 0.2) is 0 Å². The zero-order valence-electron chi connectivity index (χ0n) is 12.2. The highest BCUT2D eigenvalue weighted by atomic mass is 16.4. The van der Waals surface area contributed by atoms with Crippen molar-refractivity contribution in [2.24, 2.45) is 0 Å².